The lowest BCUT2D eigenvalue weighted by Crippen LogP contribution is -2.43. The first kappa shape index (κ1) is 23.8. The van der Waals surface area contributed by atoms with Crippen molar-refractivity contribution in [1.82, 2.24) is 10.6 Å². The first-order chi connectivity index (χ1) is 16.5. The normalized spacial score (nSPS) is 19.7. The van der Waals surface area contributed by atoms with Crippen molar-refractivity contribution >= 4 is 18.0 Å². The molecule has 0 aromatic heterocycles. The molecule has 0 bridgehead atoms. The third-order valence-electron chi connectivity index (χ3n) is 6.74. The zero-order chi connectivity index (χ0) is 24.1. The molecule has 0 radical (unpaired) electrons. The van der Waals surface area contributed by atoms with Crippen LogP contribution >= 0.6 is 0 Å². The molecule has 34 heavy (non-hydrogen) atoms. The number of rotatable bonds is 9. The monoisotopic (exact) mass is 466 g/mol. The van der Waals surface area contributed by atoms with Crippen molar-refractivity contribution < 1.29 is 29.0 Å². The Morgan fingerprint density at radius 3 is 2.29 bits per heavy atom. The highest BCUT2D eigenvalue weighted by Gasteiger charge is 2.34. The first-order valence-electron chi connectivity index (χ1n) is 11.6. The van der Waals surface area contributed by atoms with E-state index in [1.54, 1.807) is 0 Å². The first-order valence-corrected chi connectivity index (χ1v) is 11.6. The highest BCUT2D eigenvalue weighted by Crippen LogP contribution is 2.44. The fourth-order valence-electron chi connectivity index (χ4n) is 4.99. The highest BCUT2D eigenvalue weighted by molar-refractivity contribution is 5.80. The largest absolute Gasteiger partial charge is 0.481 e. The van der Waals surface area contributed by atoms with Gasteiger partial charge in [-0.1, -0.05) is 55.0 Å². The molecule has 2 aromatic carbocycles. The van der Waals surface area contributed by atoms with Gasteiger partial charge in [-0.05, 0) is 35.1 Å². The molecular weight excluding hydrogens is 436 g/mol. The van der Waals surface area contributed by atoms with Crippen molar-refractivity contribution in [2.24, 2.45) is 5.92 Å². The molecule has 3 atom stereocenters. The lowest BCUT2D eigenvalue weighted by molar-refractivity contribution is -0.142. The molecule has 1 fully saturated rings. The van der Waals surface area contributed by atoms with E-state index >= 15 is 0 Å². The molecule has 1 saturated carbocycles. The molecular formula is C26H30N2O6. The molecule has 0 saturated heterocycles. The van der Waals surface area contributed by atoms with Crippen LogP contribution in [0.15, 0.2) is 48.5 Å². The summed E-state index contributed by atoms with van der Waals surface area (Å²) in [5.41, 5.74) is 4.58. The third-order valence-corrected chi connectivity index (χ3v) is 6.74. The maximum Gasteiger partial charge on any atom is 0.407 e. The minimum absolute atomic E-state index is 0.0169. The number of carboxylic acid groups (broad SMARTS) is 1. The Bertz CT molecular complexity index is 1010. The average Bonchev–Trinajstić information content (AvgIpc) is 3.43. The molecule has 3 N–H and O–H groups in total. The SMILES string of the molecule is COC(CNC(=O)OCC1c2ccccc2-c2ccccc21)CC(=O)N[C@H]1CCC[C@H]1C(=O)O. The maximum atomic E-state index is 12.4. The van der Waals surface area contributed by atoms with Crippen LogP contribution in [0.25, 0.3) is 11.1 Å². The molecule has 180 valence electrons. The number of amides is 2. The quantitative estimate of drug-likeness (QED) is 0.523. The molecule has 8 heteroatoms. The summed E-state index contributed by atoms with van der Waals surface area (Å²) in [6.45, 7) is 0.309. The van der Waals surface area contributed by atoms with Crippen LogP contribution in [-0.4, -0.2) is 55.5 Å². The van der Waals surface area contributed by atoms with Crippen molar-refractivity contribution in [3.05, 3.63) is 59.7 Å². The van der Waals surface area contributed by atoms with E-state index in [9.17, 15) is 19.5 Å². The Morgan fingerprint density at radius 1 is 1.03 bits per heavy atom. The standard InChI is InChI=1S/C26H30N2O6/c1-33-16(13-24(29)28-23-12-6-11-21(23)25(30)31)14-27-26(32)34-15-22-19-9-4-2-7-17(19)18-8-3-5-10-20(18)22/h2-5,7-10,16,21-23H,6,11-15H2,1H3,(H,27,32)(H,28,29)(H,30,31)/t16?,21-,23+/m1/s1. The van der Waals surface area contributed by atoms with Gasteiger partial charge >= 0.3 is 12.1 Å². The van der Waals surface area contributed by atoms with Crippen molar-refractivity contribution in [3.8, 4) is 11.1 Å². The van der Waals surface area contributed by atoms with Gasteiger partial charge in [0, 0.05) is 25.6 Å². The maximum absolute atomic E-state index is 12.4. The number of alkyl carbamates (subject to hydrolysis) is 1. The molecule has 2 aliphatic rings. The third kappa shape index (κ3) is 5.22. The number of hydrogen-bond donors (Lipinski definition) is 3. The predicted molar refractivity (Wildman–Crippen MR) is 125 cm³/mol. The Labute approximate surface area is 198 Å². The van der Waals surface area contributed by atoms with Gasteiger partial charge in [-0.25, -0.2) is 4.79 Å². The zero-order valence-electron chi connectivity index (χ0n) is 19.2. The summed E-state index contributed by atoms with van der Waals surface area (Å²) >= 11 is 0. The summed E-state index contributed by atoms with van der Waals surface area (Å²) in [5.74, 6) is -1.76. The van der Waals surface area contributed by atoms with E-state index in [0.29, 0.717) is 12.8 Å². The van der Waals surface area contributed by atoms with Crippen LogP contribution < -0.4 is 10.6 Å². The molecule has 8 nitrogen and oxygen atoms in total. The van der Waals surface area contributed by atoms with Crippen LogP contribution in [0.5, 0.6) is 0 Å². The second kappa shape index (κ2) is 10.7. The summed E-state index contributed by atoms with van der Waals surface area (Å²) in [6, 6.07) is 15.9. The Kier molecular flexibility index (Phi) is 7.47. The Hall–Kier alpha value is -3.39. The molecule has 0 heterocycles. The van der Waals surface area contributed by atoms with Crippen molar-refractivity contribution in [3.63, 3.8) is 0 Å². The summed E-state index contributed by atoms with van der Waals surface area (Å²) in [4.78, 5) is 36.1. The van der Waals surface area contributed by atoms with Gasteiger partial charge in [-0.3, -0.25) is 9.59 Å². The Morgan fingerprint density at radius 2 is 1.68 bits per heavy atom. The average molecular weight is 467 g/mol. The summed E-state index contributed by atoms with van der Waals surface area (Å²) in [5, 5.41) is 14.7. The van der Waals surface area contributed by atoms with Gasteiger partial charge in [-0.15, -0.1) is 0 Å². The van der Waals surface area contributed by atoms with Crippen LogP contribution in [0, 0.1) is 5.92 Å². The smallest absolute Gasteiger partial charge is 0.407 e. The summed E-state index contributed by atoms with van der Waals surface area (Å²) in [7, 11) is 1.47. The van der Waals surface area contributed by atoms with Crippen LogP contribution in [0.1, 0.15) is 42.7 Å². The summed E-state index contributed by atoms with van der Waals surface area (Å²) in [6.07, 6.45) is 0.883. The Balaban J connectivity index is 1.26. The van der Waals surface area contributed by atoms with Crippen LogP contribution in [-0.2, 0) is 19.1 Å². The van der Waals surface area contributed by atoms with E-state index in [1.807, 2.05) is 24.3 Å². The number of carbonyl (C=O) groups excluding carboxylic acids is 2. The van der Waals surface area contributed by atoms with Crippen LogP contribution in [0.3, 0.4) is 0 Å². The topological polar surface area (TPSA) is 114 Å². The molecule has 1 unspecified atom stereocenters. The minimum atomic E-state index is -0.886. The van der Waals surface area contributed by atoms with E-state index < -0.39 is 24.1 Å². The fraction of sp³-hybridized carbons (Fsp3) is 0.423. The molecule has 4 rings (SSSR count). The number of carbonyl (C=O) groups is 3. The van der Waals surface area contributed by atoms with Gasteiger partial charge in [0.05, 0.1) is 18.4 Å². The van der Waals surface area contributed by atoms with Crippen LogP contribution in [0.2, 0.25) is 0 Å². The minimum Gasteiger partial charge on any atom is -0.481 e. The molecule has 0 aliphatic heterocycles. The van der Waals surface area contributed by atoms with E-state index in [0.717, 1.165) is 28.7 Å². The molecule has 2 amide bonds. The van der Waals surface area contributed by atoms with Gasteiger partial charge in [0.1, 0.15) is 6.61 Å². The predicted octanol–water partition coefficient (Wildman–Crippen LogP) is 3.30. The summed E-state index contributed by atoms with van der Waals surface area (Å²) < 4.78 is 10.8. The molecule has 0 spiro atoms. The number of methoxy groups -OCH3 is 1. The molecule has 2 aromatic rings. The van der Waals surface area contributed by atoms with E-state index in [-0.39, 0.29) is 37.4 Å². The number of ether oxygens (including phenoxy) is 2. The number of aliphatic carboxylic acids is 1. The van der Waals surface area contributed by atoms with E-state index in [4.69, 9.17) is 9.47 Å². The number of carboxylic acids is 1. The number of fused-ring (bicyclic) bond motifs is 3. The van der Waals surface area contributed by atoms with E-state index in [2.05, 4.69) is 34.9 Å². The van der Waals surface area contributed by atoms with Gasteiger partial charge in [0.25, 0.3) is 0 Å². The second-order valence-electron chi connectivity index (χ2n) is 8.82. The zero-order valence-corrected chi connectivity index (χ0v) is 19.2. The van der Waals surface area contributed by atoms with Gasteiger partial charge < -0.3 is 25.2 Å². The lowest BCUT2D eigenvalue weighted by atomic mass is 9.98. The van der Waals surface area contributed by atoms with Crippen LogP contribution in [0.4, 0.5) is 4.79 Å². The highest BCUT2D eigenvalue weighted by atomic mass is 16.5. The van der Waals surface area contributed by atoms with Crippen molar-refractivity contribution in [2.45, 2.75) is 43.7 Å². The number of hydrogen-bond acceptors (Lipinski definition) is 5. The van der Waals surface area contributed by atoms with E-state index in [1.165, 1.54) is 7.11 Å². The lowest BCUT2D eigenvalue weighted by Gasteiger charge is -2.20. The number of nitrogens with one attached hydrogen (secondary N) is 2. The van der Waals surface area contributed by atoms with Crippen molar-refractivity contribution in [1.29, 1.82) is 0 Å². The molecule has 2 aliphatic carbocycles. The second-order valence-corrected chi connectivity index (χ2v) is 8.82. The number of benzene rings is 2. The van der Waals surface area contributed by atoms with Gasteiger partial charge in [-0.2, -0.15) is 0 Å². The van der Waals surface area contributed by atoms with Gasteiger partial charge in [0.2, 0.25) is 5.91 Å². The van der Waals surface area contributed by atoms with Crippen molar-refractivity contribution in [2.75, 3.05) is 20.3 Å². The fourth-order valence-corrected chi connectivity index (χ4v) is 4.99. The van der Waals surface area contributed by atoms with Gasteiger partial charge in [0.15, 0.2) is 0 Å².